The number of quaternary nitrogens is 1. The van der Waals surface area contributed by atoms with Crippen LogP contribution in [0.3, 0.4) is 0 Å². The second kappa shape index (κ2) is 5.50. The Hall–Kier alpha value is -2.27. The van der Waals surface area contributed by atoms with E-state index in [1.807, 2.05) is 12.1 Å². The fraction of sp³-hybridized carbons (Fsp3) is 0.353. The Kier molecular flexibility index (Phi) is 3.35. The van der Waals surface area contributed by atoms with Gasteiger partial charge in [-0.25, -0.2) is 4.98 Å². The Morgan fingerprint density at radius 1 is 1.18 bits per heavy atom. The molecule has 1 unspecified atom stereocenters. The number of furan rings is 1. The summed E-state index contributed by atoms with van der Waals surface area (Å²) in [6, 6.07) is 12.4. The number of benzene rings is 1. The van der Waals surface area contributed by atoms with Gasteiger partial charge >= 0.3 is 0 Å². The van der Waals surface area contributed by atoms with Crippen molar-refractivity contribution in [3.63, 3.8) is 0 Å². The highest BCUT2D eigenvalue weighted by Crippen LogP contribution is 2.24. The SMILES string of the molecule is CCC[NH+]1CN(Cc2ccco2)c2nc3ccccc3n2C1. The number of hydrogen-bond acceptors (Lipinski definition) is 3. The van der Waals surface area contributed by atoms with Crippen LogP contribution in [0.5, 0.6) is 0 Å². The summed E-state index contributed by atoms with van der Waals surface area (Å²) in [5.74, 6) is 2.04. The monoisotopic (exact) mass is 297 g/mol. The maximum atomic E-state index is 5.53. The lowest BCUT2D eigenvalue weighted by Gasteiger charge is -2.33. The molecule has 5 nitrogen and oxygen atoms in total. The minimum atomic E-state index is 0.767. The van der Waals surface area contributed by atoms with Gasteiger partial charge in [0.25, 0.3) is 0 Å². The van der Waals surface area contributed by atoms with Gasteiger partial charge in [-0.2, -0.15) is 0 Å². The molecule has 3 heterocycles. The van der Waals surface area contributed by atoms with Crippen molar-refractivity contribution < 1.29 is 9.32 Å². The lowest BCUT2D eigenvalue weighted by Crippen LogP contribution is -3.14. The molecule has 4 rings (SSSR count). The maximum absolute atomic E-state index is 5.53. The van der Waals surface area contributed by atoms with Crippen LogP contribution in [0.2, 0.25) is 0 Å². The molecule has 0 saturated heterocycles. The summed E-state index contributed by atoms with van der Waals surface area (Å²) in [6.07, 6.45) is 2.92. The number of rotatable bonds is 4. The van der Waals surface area contributed by atoms with E-state index < -0.39 is 0 Å². The van der Waals surface area contributed by atoms with Crippen LogP contribution in [0.4, 0.5) is 5.95 Å². The van der Waals surface area contributed by atoms with Gasteiger partial charge in [0.2, 0.25) is 5.95 Å². The quantitative estimate of drug-likeness (QED) is 0.799. The van der Waals surface area contributed by atoms with E-state index in [1.54, 1.807) is 11.2 Å². The van der Waals surface area contributed by atoms with E-state index >= 15 is 0 Å². The molecule has 1 aromatic carbocycles. The third-order valence-electron chi connectivity index (χ3n) is 4.24. The highest BCUT2D eigenvalue weighted by atomic mass is 16.3. The van der Waals surface area contributed by atoms with Crippen molar-refractivity contribution in [1.29, 1.82) is 0 Å². The zero-order valence-corrected chi connectivity index (χ0v) is 12.8. The molecule has 0 saturated carbocycles. The Labute approximate surface area is 129 Å². The first kappa shape index (κ1) is 13.4. The Balaban J connectivity index is 1.75. The van der Waals surface area contributed by atoms with Crippen molar-refractivity contribution in [3.8, 4) is 0 Å². The summed E-state index contributed by atoms with van der Waals surface area (Å²) in [7, 11) is 0. The summed E-state index contributed by atoms with van der Waals surface area (Å²) in [6.45, 7) is 6.13. The summed E-state index contributed by atoms with van der Waals surface area (Å²) in [5, 5.41) is 0. The lowest BCUT2D eigenvalue weighted by atomic mass is 10.3. The van der Waals surface area contributed by atoms with E-state index in [9.17, 15) is 0 Å². The third-order valence-corrected chi connectivity index (χ3v) is 4.24. The molecule has 1 aliphatic heterocycles. The topological polar surface area (TPSA) is 38.6 Å². The van der Waals surface area contributed by atoms with Gasteiger partial charge in [0, 0.05) is 0 Å². The Morgan fingerprint density at radius 3 is 2.91 bits per heavy atom. The molecule has 22 heavy (non-hydrogen) atoms. The molecule has 1 aliphatic rings. The average Bonchev–Trinajstić information content (AvgIpc) is 3.15. The van der Waals surface area contributed by atoms with Crippen LogP contribution >= 0.6 is 0 Å². The van der Waals surface area contributed by atoms with E-state index in [2.05, 4.69) is 40.7 Å². The molecule has 0 bridgehead atoms. The molecule has 0 fully saturated rings. The number of imidazole rings is 1. The summed E-state index contributed by atoms with van der Waals surface area (Å²) in [5.41, 5.74) is 2.29. The molecule has 1 atom stereocenters. The molecule has 0 radical (unpaired) electrons. The number of nitrogens with one attached hydrogen (secondary N) is 1. The lowest BCUT2D eigenvalue weighted by molar-refractivity contribution is -0.924. The first-order valence-electron chi connectivity index (χ1n) is 7.91. The van der Waals surface area contributed by atoms with Gasteiger partial charge in [0.15, 0.2) is 13.3 Å². The standard InChI is InChI=1S/C17H20N4O/c1-2-9-19-12-20(11-14-6-5-10-22-14)17-18-15-7-3-4-8-16(15)21(17)13-19/h3-8,10H,2,9,11-13H2,1H3/p+1. The summed E-state index contributed by atoms with van der Waals surface area (Å²) < 4.78 is 7.87. The molecular formula is C17H21N4O+. The maximum Gasteiger partial charge on any atom is 0.215 e. The predicted molar refractivity (Wildman–Crippen MR) is 85.6 cm³/mol. The minimum Gasteiger partial charge on any atom is -0.467 e. The van der Waals surface area contributed by atoms with Crippen molar-refractivity contribution in [3.05, 3.63) is 48.4 Å². The van der Waals surface area contributed by atoms with Crippen LogP contribution in [-0.2, 0) is 13.2 Å². The van der Waals surface area contributed by atoms with Gasteiger partial charge in [-0.1, -0.05) is 19.1 Å². The van der Waals surface area contributed by atoms with Gasteiger partial charge in [0.1, 0.15) is 5.76 Å². The van der Waals surface area contributed by atoms with Crippen molar-refractivity contribution in [2.75, 3.05) is 18.1 Å². The third kappa shape index (κ3) is 2.27. The minimum absolute atomic E-state index is 0.767. The zero-order valence-electron chi connectivity index (χ0n) is 12.8. The van der Waals surface area contributed by atoms with Crippen LogP contribution < -0.4 is 9.80 Å². The highest BCUT2D eigenvalue weighted by Gasteiger charge is 2.28. The molecule has 0 aliphatic carbocycles. The predicted octanol–water partition coefficient (Wildman–Crippen LogP) is 1.86. The molecule has 0 amide bonds. The van der Waals surface area contributed by atoms with Crippen LogP contribution in [0.1, 0.15) is 19.1 Å². The molecule has 1 N–H and O–H groups in total. The van der Waals surface area contributed by atoms with Gasteiger partial charge in [-0.3, -0.25) is 9.47 Å². The fourth-order valence-corrected chi connectivity index (χ4v) is 3.30. The molecule has 0 spiro atoms. The summed E-state index contributed by atoms with van der Waals surface area (Å²) >= 11 is 0. The highest BCUT2D eigenvalue weighted by molar-refractivity contribution is 5.78. The fourth-order valence-electron chi connectivity index (χ4n) is 3.30. The van der Waals surface area contributed by atoms with E-state index in [0.29, 0.717) is 0 Å². The van der Waals surface area contributed by atoms with Crippen LogP contribution in [0.25, 0.3) is 11.0 Å². The number of hydrogen-bond donors (Lipinski definition) is 1. The second-order valence-electron chi connectivity index (χ2n) is 5.92. The number of para-hydroxylation sites is 2. The first-order valence-corrected chi connectivity index (χ1v) is 7.91. The van der Waals surface area contributed by atoms with E-state index in [1.165, 1.54) is 18.5 Å². The van der Waals surface area contributed by atoms with Gasteiger partial charge < -0.3 is 9.32 Å². The van der Waals surface area contributed by atoms with E-state index in [0.717, 1.165) is 37.1 Å². The van der Waals surface area contributed by atoms with Crippen LogP contribution in [0, 0.1) is 0 Å². The zero-order chi connectivity index (χ0) is 14.9. The Bertz CT molecular complexity index is 762. The number of anilines is 1. The largest absolute Gasteiger partial charge is 0.467 e. The molecule has 2 aromatic heterocycles. The van der Waals surface area contributed by atoms with Crippen molar-refractivity contribution in [1.82, 2.24) is 9.55 Å². The number of fused-ring (bicyclic) bond motifs is 3. The van der Waals surface area contributed by atoms with Crippen molar-refractivity contribution in [2.45, 2.75) is 26.6 Å². The summed E-state index contributed by atoms with van der Waals surface area (Å²) in [4.78, 5) is 8.73. The average molecular weight is 297 g/mol. The Morgan fingerprint density at radius 2 is 2.09 bits per heavy atom. The van der Waals surface area contributed by atoms with Gasteiger partial charge in [-0.05, 0) is 30.7 Å². The normalized spacial score (nSPS) is 17.9. The first-order chi connectivity index (χ1) is 10.8. The second-order valence-corrected chi connectivity index (χ2v) is 5.92. The number of aromatic nitrogens is 2. The van der Waals surface area contributed by atoms with Gasteiger partial charge in [-0.15, -0.1) is 0 Å². The molecule has 3 aromatic rings. The molecule has 5 heteroatoms. The van der Waals surface area contributed by atoms with Crippen LogP contribution in [-0.4, -0.2) is 22.8 Å². The van der Waals surface area contributed by atoms with E-state index in [4.69, 9.17) is 9.40 Å². The molecule has 114 valence electrons. The van der Waals surface area contributed by atoms with Gasteiger partial charge in [0.05, 0.1) is 30.4 Å². The smallest absolute Gasteiger partial charge is 0.215 e. The van der Waals surface area contributed by atoms with E-state index in [-0.39, 0.29) is 0 Å². The number of nitrogens with zero attached hydrogens (tertiary/aromatic N) is 3. The van der Waals surface area contributed by atoms with Crippen molar-refractivity contribution >= 4 is 17.0 Å². The molecular weight excluding hydrogens is 276 g/mol. The van der Waals surface area contributed by atoms with Crippen molar-refractivity contribution in [2.24, 2.45) is 0 Å². The van der Waals surface area contributed by atoms with Crippen LogP contribution in [0.15, 0.2) is 47.1 Å².